The van der Waals surface area contributed by atoms with Crippen molar-refractivity contribution in [3.8, 4) is 0 Å². The summed E-state index contributed by atoms with van der Waals surface area (Å²) in [6, 6.07) is 6.81. The normalized spacial score (nSPS) is 14.2. The van der Waals surface area contributed by atoms with Crippen LogP contribution in [0.15, 0.2) is 29.2 Å². The number of benzene rings is 1. The molecule has 1 rings (SSSR count). The minimum Gasteiger partial charge on any atom is -0.266 e. The molecule has 0 N–H and O–H groups in total. The molecule has 2 atom stereocenters. The Bertz CT molecular complexity index is 593. The Morgan fingerprint density at radius 1 is 0.815 bits per heavy atom. The fourth-order valence-corrected chi connectivity index (χ4v) is 4.31. The van der Waals surface area contributed by atoms with Crippen LogP contribution >= 0.6 is 0 Å². The molecule has 0 saturated heterocycles. The maximum absolute atomic E-state index is 12.2. The van der Waals surface area contributed by atoms with E-state index in [4.69, 9.17) is 4.18 Å². The van der Waals surface area contributed by atoms with Gasteiger partial charge < -0.3 is 0 Å². The van der Waals surface area contributed by atoms with E-state index in [2.05, 4.69) is 20.8 Å². The highest BCUT2D eigenvalue weighted by Crippen LogP contribution is 2.20. The van der Waals surface area contributed by atoms with Crippen molar-refractivity contribution in [3.05, 3.63) is 29.8 Å². The van der Waals surface area contributed by atoms with Crippen molar-refractivity contribution in [2.24, 2.45) is 11.8 Å². The molecule has 0 spiro atoms. The first kappa shape index (κ1) is 24.2. The molecule has 0 aliphatic rings. The maximum Gasteiger partial charge on any atom is 0.296 e. The predicted octanol–water partition coefficient (Wildman–Crippen LogP) is 6.89. The van der Waals surface area contributed by atoms with Gasteiger partial charge in [0.25, 0.3) is 10.1 Å². The van der Waals surface area contributed by atoms with E-state index in [1.165, 1.54) is 51.4 Å². The average molecular weight is 397 g/mol. The second-order valence-electron chi connectivity index (χ2n) is 8.25. The van der Waals surface area contributed by atoms with Crippen molar-refractivity contribution in [2.75, 3.05) is 6.61 Å². The lowest BCUT2D eigenvalue weighted by atomic mass is 9.94. The van der Waals surface area contributed by atoms with Gasteiger partial charge in [0, 0.05) is 0 Å². The van der Waals surface area contributed by atoms with Gasteiger partial charge in [0.15, 0.2) is 0 Å². The van der Waals surface area contributed by atoms with E-state index in [1.807, 2.05) is 6.92 Å². The molecule has 4 heteroatoms. The summed E-state index contributed by atoms with van der Waals surface area (Å²) in [7, 11) is -3.64. The van der Waals surface area contributed by atoms with Crippen molar-refractivity contribution in [1.29, 1.82) is 0 Å². The molecule has 0 saturated carbocycles. The first-order chi connectivity index (χ1) is 12.8. The minimum absolute atomic E-state index is 0.243. The molecule has 1 aromatic carbocycles. The lowest BCUT2D eigenvalue weighted by molar-refractivity contribution is 0.251. The summed E-state index contributed by atoms with van der Waals surface area (Å²) in [6.07, 6.45) is 12.9. The van der Waals surface area contributed by atoms with Crippen LogP contribution < -0.4 is 0 Å². The van der Waals surface area contributed by atoms with E-state index in [9.17, 15) is 8.42 Å². The summed E-state index contributed by atoms with van der Waals surface area (Å²) in [6.45, 7) is 8.87. The monoisotopic (exact) mass is 396 g/mol. The molecule has 0 fully saturated rings. The average Bonchev–Trinajstić information content (AvgIpc) is 2.63. The topological polar surface area (TPSA) is 43.4 Å². The molecule has 0 aliphatic carbocycles. The van der Waals surface area contributed by atoms with Gasteiger partial charge in [0.1, 0.15) is 0 Å². The van der Waals surface area contributed by atoms with Gasteiger partial charge in [-0.2, -0.15) is 8.42 Å². The van der Waals surface area contributed by atoms with Crippen molar-refractivity contribution < 1.29 is 12.6 Å². The lowest BCUT2D eigenvalue weighted by Gasteiger charge is -2.15. The third kappa shape index (κ3) is 10.9. The Balaban J connectivity index is 2.16. The molecule has 27 heavy (non-hydrogen) atoms. The van der Waals surface area contributed by atoms with Gasteiger partial charge in [-0.15, -0.1) is 0 Å². The van der Waals surface area contributed by atoms with Gasteiger partial charge in [-0.3, -0.25) is 4.18 Å². The summed E-state index contributed by atoms with van der Waals surface area (Å²) >= 11 is 0. The zero-order valence-corrected chi connectivity index (χ0v) is 18.7. The van der Waals surface area contributed by atoms with E-state index >= 15 is 0 Å². The van der Waals surface area contributed by atoms with Crippen LogP contribution in [0.25, 0.3) is 0 Å². The van der Waals surface area contributed by atoms with Crippen LogP contribution in [-0.4, -0.2) is 15.0 Å². The van der Waals surface area contributed by atoms with Gasteiger partial charge in [-0.05, 0) is 37.3 Å². The highest BCUT2D eigenvalue weighted by molar-refractivity contribution is 7.86. The largest absolute Gasteiger partial charge is 0.296 e. The van der Waals surface area contributed by atoms with Crippen LogP contribution in [-0.2, 0) is 14.3 Å². The first-order valence-corrected chi connectivity index (χ1v) is 12.2. The van der Waals surface area contributed by atoms with Gasteiger partial charge >= 0.3 is 0 Å². The van der Waals surface area contributed by atoms with Crippen LogP contribution in [0.3, 0.4) is 0 Å². The van der Waals surface area contributed by atoms with Crippen LogP contribution in [0.5, 0.6) is 0 Å². The van der Waals surface area contributed by atoms with Crippen molar-refractivity contribution in [2.45, 2.75) is 96.8 Å². The maximum atomic E-state index is 12.2. The van der Waals surface area contributed by atoms with Crippen molar-refractivity contribution in [3.63, 3.8) is 0 Å². The third-order valence-corrected chi connectivity index (χ3v) is 6.56. The van der Waals surface area contributed by atoms with Crippen molar-refractivity contribution in [1.82, 2.24) is 0 Å². The second kappa shape index (κ2) is 13.3. The SMILES string of the molecule is CCCCCCCC[C@H](C)CCC[C@@H](C)COS(=O)(=O)c1ccc(C)cc1. The van der Waals surface area contributed by atoms with Crippen LogP contribution in [0.4, 0.5) is 0 Å². The Morgan fingerprint density at radius 3 is 2.04 bits per heavy atom. The summed E-state index contributed by atoms with van der Waals surface area (Å²) in [5.74, 6) is 1.02. The molecular weight excluding hydrogens is 356 g/mol. The lowest BCUT2D eigenvalue weighted by Crippen LogP contribution is -2.13. The standard InChI is InChI=1S/C23H40O3S/c1-5-6-7-8-9-10-12-20(2)13-11-14-22(4)19-26-27(24,25)23-17-15-21(3)16-18-23/h15-18,20,22H,5-14,19H2,1-4H3/t20-,22+/m0/s1. The smallest absolute Gasteiger partial charge is 0.266 e. The quantitative estimate of drug-likeness (QED) is 0.239. The van der Waals surface area contributed by atoms with Crippen LogP contribution in [0.2, 0.25) is 0 Å². The molecule has 1 aromatic rings. The van der Waals surface area contributed by atoms with E-state index in [-0.39, 0.29) is 17.4 Å². The molecule has 0 unspecified atom stereocenters. The number of unbranched alkanes of at least 4 members (excludes halogenated alkanes) is 5. The zero-order chi connectivity index (χ0) is 20.1. The second-order valence-corrected chi connectivity index (χ2v) is 9.86. The fraction of sp³-hybridized carbons (Fsp3) is 0.739. The highest BCUT2D eigenvalue weighted by Gasteiger charge is 2.16. The third-order valence-electron chi connectivity index (χ3n) is 5.26. The molecule has 0 bridgehead atoms. The van der Waals surface area contributed by atoms with Crippen LogP contribution in [0, 0.1) is 18.8 Å². The number of rotatable bonds is 15. The Hall–Kier alpha value is -0.870. The molecule has 0 heterocycles. The summed E-state index contributed by atoms with van der Waals surface area (Å²) < 4.78 is 29.7. The number of aryl methyl sites for hydroxylation is 1. The highest BCUT2D eigenvalue weighted by atomic mass is 32.2. The molecule has 0 amide bonds. The molecule has 0 aromatic heterocycles. The number of hydrogen-bond acceptors (Lipinski definition) is 3. The number of hydrogen-bond donors (Lipinski definition) is 0. The van der Waals surface area contributed by atoms with Crippen molar-refractivity contribution >= 4 is 10.1 Å². The molecular formula is C23H40O3S. The molecule has 0 radical (unpaired) electrons. The van der Waals surface area contributed by atoms with Gasteiger partial charge in [0.2, 0.25) is 0 Å². The van der Waals surface area contributed by atoms with Gasteiger partial charge in [0.05, 0.1) is 11.5 Å². The van der Waals surface area contributed by atoms with E-state index in [0.29, 0.717) is 0 Å². The Kier molecular flexibility index (Phi) is 11.9. The molecule has 156 valence electrons. The Morgan fingerprint density at radius 2 is 1.37 bits per heavy atom. The van der Waals surface area contributed by atoms with E-state index in [1.54, 1.807) is 24.3 Å². The van der Waals surface area contributed by atoms with Gasteiger partial charge in [-0.25, -0.2) is 0 Å². The van der Waals surface area contributed by atoms with Crippen LogP contribution in [0.1, 0.15) is 90.5 Å². The minimum atomic E-state index is -3.64. The summed E-state index contributed by atoms with van der Waals surface area (Å²) in [4.78, 5) is 0.243. The fourth-order valence-electron chi connectivity index (χ4n) is 3.29. The predicted molar refractivity (Wildman–Crippen MR) is 114 cm³/mol. The molecule has 3 nitrogen and oxygen atoms in total. The summed E-state index contributed by atoms with van der Waals surface area (Å²) in [5, 5.41) is 0. The van der Waals surface area contributed by atoms with Gasteiger partial charge in [-0.1, -0.05) is 96.3 Å². The summed E-state index contributed by atoms with van der Waals surface area (Å²) in [5.41, 5.74) is 1.04. The zero-order valence-electron chi connectivity index (χ0n) is 17.9. The molecule has 0 aliphatic heterocycles. The first-order valence-electron chi connectivity index (χ1n) is 10.8. The van der Waals surface area contributed by atoms with E-state index in [0.717, 1.165) is 24.3 Å². The Labute approximate surface area is 168 Å². The van der Waals surface area contributed by atoms with E-state index < -0.39 is 10.1 Å².